The van der Waals surface area contributed by atoms with E-state index in [1.165, 1.54) is 22.2 Å². The van der Waals surface area contributed by atoms with Crippen molar-refractivity contribution in [3.8, 4) is 0 Å². The Morgan fingerprint density at radius 3 is 2.94 bits per heavy atom. The first kappa shape index (κ1) is 9.28. The van der Waals surface area contributed by atoms with Gasteiger partial charge in [0, 0.05) is 24.6 Å². The lowest BCUT2D eigenvalue weighted by Crippen LogP contribution is -2.13. The van der Waals surface area contributed by atoms with Crippen LogP contribution >= 0.6 is 0 Å². The van der Waals surface area contributed by atoms with Gasteiger partial charge in [-0.25, -0.2) is 0 Å². The van der Waals surface area contributed by atoms with Crippen LogP contribution in [0.1, 0.15) is 6.92 Å². The van der Waals surface area contributed by atoms with Gasteiger partial charge in [-0.1, -0.05) is 18.2 Å². The second-order valence-electron chi connectivity index (χ2n) is 4.07. The summed E-state index contributed by atoms with van der Waals surface area (Å²) >= 11 is 0. The van der Waals surface area contributed by atoms with Crippen molar-refractivity contribution in [2.75, 3.05) is 6.54 Å². The van der Waals surface area contributed by atoms with E-state index in [9.17, 15) is 0 Å². The fraction of sp³-hybridized carbons (Fsp3) is 0.143. The van der Waals surface area contributed by atoms with Crippen molar-refractivity contribution >= 4 is 16.6 Å². The molecule has 1 aromatic heterocycles. The maximum Gasteiger partial charge on any atom is 0.0528 e. The molecule has 80 valence electrons. The van der Waals surface area contributed by atoms with Crippen LogP contribution in [0.25, 0.3) is 16.6 Å². The number of dihydropyridines is 1. The molecule has 2 heterocycles. The number of nitrogens with one attached hydrogen (secondary N) is 1. The van der Waals surface area contributed by atoms with E-state index in [4.69, 9.17) is 0 Å². The van der Waals surface area contributed by atoms with E-state index in [0.29, 0.717) is 0 Å². The molecule has 2 heteroatoms. The van der Waals surface area contributed by atoms with Gasteiger partial charge in [-0.15, -0.1) is 0 Å². The van der Waals surface area contributed by atoms with Crippen LogP contribution in [0.5, 0.6) is 0 Å². The summed E-state index contributed by atoms with van der Waals surface area (Å²) < 4.78 is 2.25. The van der Waals surface area contributed by atoms with E-state index in [2.05, 4.69) is 65.6 Å². The van der Waals surface area contributed by atoms with Gasteiger partial charge < -0.3 is 9.88 Å². The number of benzene rings is 1. The van der Waals surface area contributed by atoms with Crippen LogP contribution in [-0.4, -0.2) is 11.1 Å². The van der Waals surface area contributed by atoms with Crippen LogP contribution in [0.4, 0.5) is 0 Å². The number of fused-ring (bicyclic) bond motifs is 1. The molecule has 0 bridgehead atoms. The Bertz CT molecular complexity index is 588. The van der Waals surface area contributed by atoms with Crippen molar-refractivity contribution in [2.45, 2.75) is 6.92 Å². The molecule has 1 aliphatic rings. The Hall–Kier alpha value is -1.96. The van der Waals surface area contributed by atoms with E-state index in [0.717, 1.165) is 6.54 Å². The third-order valence-corrected chi connectivity index (χ3v) is 2.99. The van der Waals surface area contributed by atoms with Gasteiger partial charge in [0.05, 0.1) is 5.52 Å². The molecular weight excluding hydrogens is 196 g/mol. The number of rotatable bonds is 1. The lowest BCUT2D eigenvalue weighted by atomic mass is 10.1. The molecule has 2 aromatic rings. The molecule has 0 fully saturated rings. The zero-order valence-corrected chi connectivity index (χ0v) is 9.27. The van der Waals surface area contributed by atoms with Crippen molar-refractivity contribution in [2.24, 2.45) is 0 Å². The second-order valence-corrected chi connectivity index (χ2v) is 4.07. The minimum atomic E-state index is 0.902. The Kier molecular flexibility index (Phi) is 2.07. The monoisotopic (exact) mass is 210 g/mol. The first-order valence-corrected chi connectivity index (χ1v) is 5.53. The molecule has 1 aromatic carbocycles. The van der Waals surface area contributed by atoms with Crippen LogP contribution in [-0.2, 0) is 0 Å². The van der Waals surface area contributed by atoms with Crippen molar-refractivity contribution in [3.63, 3.8) is 0 Å². The number of aromatic nitrogens is 1. The molecule has 1 N–H and O–H groups in total. The summed E-state index contributed by atoms with van der Waals surface area (Å²) in [6, 6.07) is 10.6. The van der Waals surface area contributed by atoms with E-state index in [-0.39, 0.29) is 0 Å². The molecule has 2 nitrogen and oxygen atoms in total. The molecule has 0 amide bonds. The van der Waals surface area contributed by atoms with Crippen LogP contribution in [0.3, 0.4) is 0 Å². The third kappa shape index (κ3) is 1.34. The molecule has 3 rings (SSSR count). The molecule has 0 radical (unpaired) electrons. The normalized spacial score (nSPS) is 15.6. The van der Waals surface area contributed by atoms with Gasteiger partial charge in [-0.2, -0.15) is 0 Å². The number of nitrogens with zero attached hydrogens (tertiary/aromatic N) is 1. The first-order chi connectivity index (χ1) is 7.86. The van der Waals surface area contributed by atoms with Gasteiger partial charge in [-0.05, 0) is 36.1 Å². The predicted octanol–water partition coefficient (Wildman–Crippen LogP) is 2.99. The minimum absolute atomic E-state index is 0.902. The lowest BCUT2D eigenvalue weighted by molar-refractivity contribution is 0.938. The summed E-state index contributed by atoms with van der Waals surface area (Å²) in [5.41, 5.74) is 3.82. The molecular formula is C14H14N2. The summed E-state index contributed by atoms with van der Waals surface area (Å²) in [6.45, 7) is 3.03. The zero-order valence-electron chi connectivity index (χ0n) is 9.27. The molecule has 16 heavy (non-hydrogen) atoms. The molecule has 0 saturated carbocycles. The quantitative estimate of drug-likeness (QED) is 0.765. The summed E-state index contributed by atoms with van der Waals surface area (Å²) in [6.07, 6.45) is 6.44. The number of hydrogen-bond acceptors (Lipinski definition) is 1. The Balaban J connectivity index is 2.19. The van der Waals surface area contributed by atoms with Crippen molar-refractivity contribution < 1.29 is 0 Å². The summed E-state index contributed by atoms with van der Waals surface area (Å²) in [4.78, 5) is 0. The number of allylic oxidation sites excluding steroid dienone is 2. The first-order valence-electron chi connectivity index (χ1n) is 5.53. The van der Waals surface area contributed by atoms with Gasteiger partial charge in [-0.3, -0.25) is 0 Å². The van der Waals surface area contributed by atoms with Crippen molar-refractivity contribution in [1.82, 2.24) is 9.88 Å². The van der Waals surface area contributed by atoms with E-state index >= 15 is 0 Å². The van der Waals surface area contributed by atoms with Gasteiger partial charge in [0.15, 0.2) is 0 Å². The minimum Gasteiger partial charge on any atom is -0.387 e. The standard InChI is InChI=1S/C14H14N2/c1-11-10-15-8-6-13(11)16-9-7-12-4-2-3-5-14(12)16/h2-7,9-10,15H,8H2,1H3. The maximum atomic E-state index is 3.22. The van der Waals surface area contributed by atoms with Crippen LogP contribution in [0.15, 0.2) is 54.4 Å². The van der Waals surface area contributed by atoms with Gasteiger partial charge >= 0.3 is 0 Å². The average molecular weight is 210 g/mol. The Morgan fingerprint density at radius 2 is 2.06 bits per heavy atom. The van der Waals surface area contributed by atoms with Crippen molar-refractivity contribution in [3.05, 3.63) is 54.4 Å². The molecule has 0 atom stereocenters. The van der Waals surface area contributed by atoms with Gasteiger partial charge in [0.1, 0.15) is 0 Å². The molecule has 0 spiro atoms. The largest absolute Gasteiger partial charge is 0.387 e. The van der Waals surface area contributed by atoms with E-state index in [1.807, 2.05) is 0 Å². The highest BCUT2D eigenvalue weighted by molar-refractivity contribution is 5.85. The predicted molar refractivity (Wildman–Crippen MR) is 68.0 cm³/mol. The highest BCUT2D eigenvalue weighted by atomic mass is 15.0. The summed E-state index contributed by atoms with van der Waals surface area (Å²) in [7, 11) is 0. The summed E-state index contributed by atoms with van der Waals surface area (Å²) in [5, 5.41) is 4.51. The van der Waals surface area contributed by atoms with E-state index < -0.39 is 0 Å². The topological polar surface area (TPSA) is 17.0 Å². The fourth-order valence-corrected chi connectivity index (χ4v) is 2.18. The van der Waals surface area contributed by atoms with Crippen LogP contribution in [0.2, 0.25) is 0 Å². The third-order valence-electron chi connectivity index (χ3n) is 2.99. The molecule has 0 unspecified atom stereocenters. The maximum absolute atomic E-state index is 3.22. The molecule has 0 aliphatic carbocycles. The smallest absolute Gasteiger partial charge is 0.0528 e. The second kappa shape index (κ2) is 3.56. The number of hydrogen-bond donors (Lipinski definition) is 1. The highest BCUT2D eigenvalue weighted by Crippen LogP contribution is 2.24. The molecule has 0 saturated heterocycles. The van der Waals surface area contributed by atoms with Gasteiger partial charge in [0.2, 0.25) is 0 Å². The summed E-state index contributed by atoms with van der Waals surface area (Å²) in [5.74, 6) is 0. The molecule has 1 aliphatic heterocycles. The van der Waals surface area contributed by atoms with E-state index in [1.54, 1.807) is 0 Å². The average Bonchev–Trinajstić information content (AvgIpc) is 2.74. The Morgan fingerprint density at radius 1 is 1.19 bits per heavy atom. The SMILES string of the molecule is CC1=CNCC=C1n1ccc2ccccc21. The fourth-order valence-electron chi connectivity index (χ4n) is 2.18. The lowest BCUT2D eigenvalue weighted by Gasteiger charge is -2.16. The van der Waals surface area contributed by atoms with Gasteiger partial charge in [0.25, 0.3) is 0 Å². The van der Waals surface area contributed by atoms with Crippen molar-refractivity contribution in [1.29, 1.82) is 0 Å². The highest BCUT2D eigenvalue weighted by Gasteiger charge is 2.08. The van der Waals surface area contributed by atoms with Crippen LogP contribution in [0, 0.1) is 0 Å². The number of para-hydroxylation sites is 1. The zero-order chi connectivity index (χ0) is 11.0. The Labute approximate surface area is 94.9 Å². The van der Waals surface area contributed by atoms with Crippen LogP contribution < -0.4 is 5.32 Å².